The zero-order valence-corrected chi connectivity index (χ0v) is 15.9. The molecular formula is C16H15Br2N3O3. The molecule has 2 rings (SSSR count). The third-order valence-electron chi connectivity index (χ3n) is 2.97. The van der Waals surface area contributed by atoms with Crippen molar-refractivity contribution in [3.05, 3.63) is 56.5 Å². The first-order valence-corrected chi connectivity index (χ1v) is 8.41. The predicted molar refractivity (Wildman–Crippen MR) is 99.5 cm³/mol. The molecular weight excluding hydrogens is 442 g/mol. The maximum atomic E-state index is 10.6. The van der Waals surface area contributed by atoms with E-state index in [1.807, 2.05) is 24.3 Å². The molecule has 0 bridgehead atoms. The summed E-state index contributed by atoms with van der Waals surface area (Å²) in [5.41, 5.74) is 8.83. The third-order valence-corrected chi connectivity index (χ3v) is 4.18. The summed E-state index contributed by atoms with van der Waals surface area (Å²) in [5.74, 6) is 1.14. The lowest BCUT2D eigenvalue weighted by atomic mass is 10.2. The molecule has 0 aliphatic rings. The number of hydrogen-bond acceptors (Lipinski definition) is 4. The van der Waals surface area contributed by atoms with E-state index in [0.29, 0.717) is 23.7 Å². The molecule has 8 heteroatoms. The Morgan fingerprint density at radius 3 is 2.58 bits per heavy atom. The molecule has 0 fully saturated rings. The standard InChI is InChI=1S/C16H15Br2N3O3/c1-23-14-6-11(8-20-21-16(19)22)13(18)7-15(14)24-9-10-2-4-12(17)5-3-10/h2-8H,9H2,1H3,(H3,19,21,22). The van der Waals surface area contributed by atoms with Crippen molar-refractivity contribution in [2.75, 3.05) is 7.11 Å². The Balaban J connectivity index is 2.15. The van der Waals surface area contributed by atoms with E-state index in [1.54, 1.807) is 19.2 Å². The first-order valence-electron chi connectivity index (χ1n) is 6.83. The molecule has 24 heavy (non-hydrogen) atoms. The van der Waals surface area contributed by atoms with Crippen molar-refractivity contribution in [2.24, 2.45) is 10.8 Å². The number of benzene rings is 2. The summed E-state index contributed by atoms with van der Waals surface area (Å²) >= 11 is 6.83. The molecule has 3 N–H and O–H groups in total. The summed E-state index contributed by atoms with van der Waals surface area (Å²) in [6.45, 7) is 0.409. The van der Waals surface area contributed by atoms with Gasteiger partial charge in [0.25, 0.3) is 0 Å². The predicted octanol–water partition coefficient (Wildman–Crippen LogP) is 3.80. The number of hydrogen-bond donors (Lipinski definition) is 2. The third kappa shape index (κ3) is 5.24. The fourth-order valence-electron chi connectivity index (χ4n) is 1.83. The minimum absolute atomic E-state index is 0.409. The van der Waals surface area contributed by atoms with Crippen LogP contribution in [0.2, 0.25) is 0 Å². The van der Waals surface area contributed by atoms with E-state index in [1.165, 1.54) is 6.21 Å². The van der Waals surface area contributed by atoms with E-state index >= 15 is 0 Å². The normalized spacial score (nSPS) is 10.6. The molecule has 0 atom stereocenters. The molecule has 2 aromatic carbocycles. The van der Waals surface area contributed by atoms with Crippen LogP contribution in [0.5, 0.6) is 11.5 Å². The average Bonchev–Trinajstić information content (AvgIpc) is 2.55. The SMILES string of the molecule is COc1cc(C=NNC(N)=O)c(Br)cc1OCc1ccc(Br)cc1. The lowest BCUT2D eigenvalue weighted by molar-refractivity contribution is 0.249. The molecule has 2 amide bonds. The van der Waals surface area contributed by atoms with Gasteiger partial charge in [-0.05, 0) is 45.8 Å². The van der Waals surface area contributed by atoms with Crippen LogP contribution in [0.1, 0.15) is 11.1 Å². The number of amides is 2. The van der Waals surface area contributed by atoms with Crippen LogP contribution in [-0.2, 0) is 6.61 Å². The van der Waals surface area contributed by atoms with Crippen molar-refractivity contribution in [3.63, 3.8) is 0 Å². The highest BCUT2D eigenvalue weighted by atomic mass is 79.9. The van der Waals surface area contributed by atoms with Gasteiger partial charge in [0.1, 0.15) is 6.61 Å². The Morgan fingerprint density at radius 2 is 1.96 bits per heavy atom. The van der Waals surface area contributed by atoms with Crippen LogP contribution in [0.3, 0.4) is 0 Å². The fourth-order valence-corrected chi connectivity index (χ4v) is 2.52. The van der Waals surface area contributed by atoms with Crippen LogP contribution in [0.25, 0.3) is 0 Å². The highest BCUT2D eigenvalue weighted by Gasteiger charge is 2.10. The van der Waals surface area contributed by atoms with E-state index in [4.69, 9.17) is 15.2 Å². The van der Waals surface area contributed by atoms with Crippen molar-refractivity contribution >= 4 is 44.1 Å². The molecule has 0 radical (unpaired) electrons. The summed E-state index contributed by atoms with van der Waals surface area (Å²) in [5, 5.41) is 3.73. The Hall–Kier alpha value is -2.06. The largest absolute Gasteiger partial charge is 0.493 e. The first kappa shape index (κ1) is 18.3. The van der Waals surface area contributed by atoms with Gasteiger partial charge < -0.3 is 15.2 Å². The second-order valence-electron chi connectivity index (χ2n) is 4.67. The molecule has 6 nitrogen and oxygen atoms in total. The second-order valence-corrected chi connectivity index (χ2v) is 6.44. The van der Waals surface area contributed by atoms with E-state index in [9.17, 15) is 4.79 Å². The number of urea groups is 1. The summed E-state index contributed by atoms with van der Waals surface area (Å²) in [6, 6.07) is 10.7. The number of halogens is 2. The van der Waals surface area contributed by atoms with Crippen LogP contribution in [0, 0.1) is 0 Å². The average molecular weight is 457 g/mol. The molecule has 0 heterocycles. The van der Waals surface area contributed by atoms with Crippen LogP contribution >= 0.6 is 31.9 Å². The molecule has 0 unspecified atom stereocenters. The molecule has 0 aliphatic carbocycles. The number of methoxy groups -OCH3 is 1. The van der Waals surface area contributed by atoms with Gasteiger partial charge in [0.2, 0.25) is 0 Å². The number of hydrazone groups is 1. The second kappa shape index (κ2) is 8.70. The smallest absolute Gasteiger partial charge is 0.332 e. The lowest BCUT2D eigenvalue weighted by Gasteiger charge is -2.13. The number of nitrogens with zero attached hydrogens (tertiary/aromatic N) is 1. The van der Waals surface area contributed by atoms with E-state index in [-0.39, 0.29) is 0 Å². The van der Waals surface area contributed by atoms with E-state index in [0.717, 1.165) is 14.5 Å². The van der Waals surface area contributed by atoms with Gasteiger partial charge in [-0.15, -0.1) is 0 Å². The zero-order valence-electron chi connectivity index (χ0n) is 12.8. The maximum Gasteiger partial charge on any atom is 0.332 e. The molecule has 2 aromatic rings. The van der Waals surface area contributed by atoms with Crippen molar-refractivity contribution < 1.29 is 14.3 Å². The topological polar surface area (TPSA) is 85.9 Å². The quantitative estimate of drug-likeness (QED) is 0.512. The fraction of sp³-hybridized carbons (Fsp3) is 0.125. The van der Waals surface area contributed by atoms with Gasteiger partial charge in [-0.25, -0.2) is 10.2 Å². The van der Waals surface area contributed by atoms with Gasteiger partial charge in [0.15, 0.2) is 11.5 Å². The van der Waals surface area contributed by atoms with Gasteiger partial charge in [-0.1, -0.05) is 28.1 Å². The Labute approximate surface area is 156 Å². The summed E-state index contributed by atoms with van der Waals surface area (Å²) in [6.07, 6.45) is 1.45. The molecule has 0 aromatic heterocycles. The zero-order chi connectivity index (χ0) is 17.5. The highest BCUT2D eigenvalue weighted by Crippen LogP contribution is 2.33. The van der Waals surface area contributed by atoms with Gasteiger partial charge in [-0.2, -0.15) is 5.10 Å². The molecule has 0 saturated heterocycles. The van der Waals surface area contributed by atoms with Gasteiger partial charge in [-0.3, -0.25) is 0 Å². The molecule has 0 aliphatic heterocycles. The van der Waals surface area contributed by atoms with Crippen LogP contribution < -0.4 is 20.6 Å². The summed E-state index contributed by atoms with van der Waals surface area (Å²) in [7, 11) is 1.55. The maximum absolute atomic E-state index is 10.6. The number of rotatable bonds is 6. The van der Waals surface area contributed by atoms with Crippen LogP contribution in [0.15, 0.2) is 50.4 Å². The van der Waals surface area contributed by atoms with Crippen molar-refractivity contribution in [1.29, 1.82) is 0 Å². The van der Waals surface area contributed by atoms with Crippen LogP contribution in [-0.4, -0.2) is 19.4 Å². The number of carbonyl (C=O) groups excluding carboxylic acids is 1. The lowest BCUT2D eigenvalue weighted by Crippen LogP contribution is -2.24. The molecule has 126 valence electrons. The van der Waals surface area contributed by atoms with Crippen LogP contribution in [0.4, 0.5) is 4.79 Å². The Bertz CT molecular complexity index is 749. The summed E-state index contributed by atoms with van der Waals surface area (Å²) in [4.78, 5) is 10.6. The Morgan fingerprint density at radius 1 is 1.25 bits per heavy atom. The number of nitrogens with one attached hydrogen (secondary N) is 1. The van der Waals surface area contributed by atoms with Gasteiger partial charge >= 0.3 is 6.03 Å². The van der Waals surface area contributed by atoms with Gasteiger partial charge in [0, 0.05) is 14.5 Å². The number of primary amides is 1. The molecule has 0 spiro atoms. The van der Waals surface area contributed by atoms with Gasteiger partial charge in [0.05, 0.1) is 13.3 Å². The minimum Gasteiger partial charge on any atom is -0.493 e. The van der Waals surface area contributed by atoms with Crippen molar-refractivity contribution in [3.8, 4) is 11.5 Å². The summed E-state index contributed by atoms with van der Waals surface area (Å²) < 4.78 is 12.9. The monoisotopic (exact) mass is 455 g/mol. The number of ether oxygens (including phenoxy) is 2. The van der Waals surface area contributed by atoms with Crippen molar-refractivity contribution in [1.82, 2.24) is 5.43 Å². The Kier molecular flexibility index (Phi) is 6.62. The first-order chi connectivity index (χ1) is 11.5. The molecule has 0 saturated carbocycles. The minimum atomic E-state index is -0.733. The van der Waals surface area contributed by atoms with E-state index < -0.39 is 6.03 Å². The highest BCUT2D eigenvalue weighted by molar-refractivity contribution is 9.10. The number of nitrogens with two attached hydrogens (primary N) is 1. The van der Waals surface area contributed by atoms with E-state index in [2.05, 4.69) is 42.4 Å². The van der Waals surface area contributed by atoms with Crippen molar-refractivity contribution in [2.45, 2.75) is 6.61 Å². The number of carbonyl (C=O) groups is 1.